The van der Waals surface area contributed by atoms with Crippen LogP contribution in [0.5, 0.6) is 0 Å². The van der Waals surface area contributed by atoms with Gasteiger partial charge in [-0.15, -0.1) is 0 Å². The molecule has 1 aliphatic rings. The fourth-order valence-electron chi connectivity index (χ4n) is 2.24. The molecule has 0 spiro atoms. The first kappa shape index (κ1) is 12.3. The van der Waals surface area contributed by atoms with Gasteiger partial charge in [-0.25, -0.2) is 0 Å². The molecule has 4 nitrogen and oxygen atoms in total. The van der Waals surface area contributed by atoms with Gasteiger partial charge in [0.25, 0.3) is 0 Å². The molecule has 0 amide bonds. The molecule has 0 bridgehead atoms. The van der Waals surface area contributed by atoms with Crippen molar-refractivity contribution in [2.75, 3.05) is 18.0 Å². The number of ether oxygens (including phenoxy) is 1. The van der Waals surface area contributed by atoms with E-state index in [0.717, 1.165) is 24.5 Å². The van der Waals surface area contributed by atoms with Crippen molar-refractivity contribution in [2.24, 2.45) is 5.73 Å². The van der Waals surface area contributed by atoms with E-state index in [1.807, 2.05) is 19.2 Å². The van der Waals surface area contributed by atoms with Crippen LogP contribution in [0.15, 0.2) is 18.3 Å². The maximum atomic E-state index is 5.79. The number of nitrogens with zero attached hydrogens (tertiary/aromatic N) is 2. The van der Waals surface area contributed by atoms with E-state index < -0.39 is 0 Å². The fraction of sp³-hybridized carbons (Fsp3) is 0.615. The lowest BCUT2D eigenvalue weighted by Gasteiger charge is -2.36. The quantitative estimate of drug-likeness (QED) is 0.848. The van der Waals surface area contributed by atoms with Crippen LogP contribution < -0.4 is 10.6 Å². The molecular weight excluding hydrogens is 214 g/mol. The second-order valence-electron chi connectivity index (χ2n) is 4.89. The lowest BCUT2D eigenvalue weighted by molar-refractivity contribution is -0.00523. The third-order valence-electron chi connectivity index (χ3n) is 3.02. The molecule has 1 aliphatic heterocycles. The fourth-order valence-corrected chi connectivity index (χ4v) is 2.24. The van der Waals surface area contributed by atoms with Crippen LogP contribution in [0, 0.1) is 0 Å². The summed E-state index contributed by atoms with van der Waals surface area (Å²) >= 11 is 0. The van der Waals surface area contributed by atoms with Crippen molar-refractivity contribution in [3.8, 4) is 0 Å². The number of nitrogens with two attached hydrogens (primary N) is 1. The number of aromatic nitrogens is 1. The number of hydrogen-bond donors (Lipinski definition) is 1. The molecule has 1 aromatic rings. The highest BCUT2D eigenvalue weighted by Gasteiger charge is 2.22. The molecule has 0 aromatic carbocycles. The SMILES string of the molecule is CC1CN(c2ccc(C(C)N)nc2)CC(C)O1. The van der Waals surface area contributed by atoms with E-state index in [1.54, 1.807) is 0 Å². The first-order chi connectivity index (χ1) is 8.06. The maximum absolute atomic E-state index is 5.79. The van der Waals surface area contributed by atoms with E-state index in [-0.39, 0.29) is 18.2 Å². The van der Waals surface area contributed by atoms with Gasteiger partial charge >= 0.3 is 0 Å². The standard InChI is InChI=1S/C13H21N3O/c1-9-7-16(8-10(2)17-9)12-4-5-13(11(3)14)15-6-12/h4-6,9-11H,7-8,14H2,1-3H3. The second kappa shape index (κ2) is 5.02. The predicted octanol–water partition coefficient (Wildman–Crippen LogP) is 1.71. The number of morpholine rings is 1. The van der Waals surface area contributed by atoms with Gasteiger partial charge in [0.15, 0.2) is 0 Å². The topological polar surface area (TPSA) is 51.4 Å². The van der Waals surface area contributed by atoms with Gasteiger partial charge in [-0.05, 0) is 32.9 Å². The summed E-state index contributed by atoms with van der Waals surface area (Å²) in [5.74, 6) is 0. The molecule has 1 aromatic heterocycles. The van der Waals surface area contributed by atoms with Crippen LogP contribution in [-0.4, -0.2) is 30.3 Å². The summed E-state index contributed by atoms with van der Waals surface area (Å²) in [7, 11) is 0. The lowest BCUT2D eigenvalue weighted by Crippen LogP contribution is -2.45. The van der Waals surface area contributed by atoms with Crippen LogP contribution in [0.25, 0.3) is 0 Å². The summed E-state index contributed by atoms with van der Waals surface area (Å²) < 4.78 is 5.72. The van der Waals surface area contributed by atoms with Crippen LogP contribution in [0.3, 0.4) is 0 Å². The molecule has 4 heteroatoms. The van der Waals surface area contributed by atoms with Gasteiger partial charge in [-0.1, -0.05) is 0 Å². The van der Waals surface area contributed by atoms with Crippen molar-refractivity contribution in [1.29, 1.82) is 0 Å². The molecule has 94 valence electrons. The smallest absolute Gasteiger partial charge is 0.0726 e. The van der Waals surface area contributed by atoms with Crippen molar-refractivity contribution < 1.29 is 4.74 Å². The van der Waals surface area contributed by atoms with Gasteiger partial charge in [0.05, 0.1) is 29.8 Å². The van der Waals surface area contributed by atoms with Crippen LogP contribution in [0.2, 0.25) is 0 Å². The third kappa shape index (κ3) is 2.96. The highest BCUT2D eigenvalue weighted by Crippen LogP contribution is 2.20. The average Bonchev–Trinajstić information content (AvgIpc) is 2.28. The van der Waals surface area contributed by atoms with Crippen molar-refractivity contribution in [2.45, 2.75) is 39.0 Å². The number of pyridine rings is 1. The highest BCUT2D eigenvalue weighted by atomic mass is 16.5. The molecular formula is C13H21N3O. The zero-order valence-corrected chi connectivity index (χ0v) is 10.8. The average molecular weight is 235 g/mol. The van der Waals surface area contributed by atoms with Crippen molar-refractivity contribution in [1.82, 2.24) is 4.98 Å². The normalized spacial score (nSPS) is 26.9. The molecule has 3 unspecified atom stereocenters. The summed E-state index contributed by atoms with van der Waals surface area (Å²) in [5, 5.41) is 0. The Morgan fingerprint density at radius 2 is 2.00 bits per heavy atom. The van der Waals surface area contributed by atoms with Gasteiger partial charge in [0.1, 0.15) is 0 Å². The maximum Gasteiger partial charge on any atom is 0.0726 e. The van der Waals surface area contributed by atoms with Crippen LogP contribution in [0.4, 0.5) is 5.69 Å². The molecule has 2 rings (SSSR count). The lowest BCUT2D eigenvalue weighted by atomic mass is 10.2. The Hall–Kier alpha value is -1.13. The Morgan fingerprint density at radius 1 is 1.35 bits per heavy atom. The Balaban J connectivity index is 2.11. The van der Waals surface area contributed by atoms with Crippen molar-refractivity contribution in [3.63, 3.8) is 0 Å². The molecule has 0 aliphatic carbocycles. The molecule has 1 fully saturated rings. The largest absolute Gasteiger partial charge is 0.372 e. The van der Waals surface area contributed by atoms with Crippen molar-refractivity contribution >= 4 is 5.69 Å². The van der Waals surface area contributed by atoms with Crippen LogP contribution in [0.1, 0.15) is 32.5 Å². The van der Waals surface area contributed by atoms with E-state index in [4.69, 9.17) is 10.5 Å². The van der Waals surface area contributed by atoms with Gasteiger partial charge in [0.2, 0.25) is 0 Å². The number of rotatable bonds is 2. The Labute approximate surface area is 103 Å². The van der Waals surface area contributed by atoms with Crippen LogP contribution >= 0.6 is 0 Å². The summed E-state index contributed by atoms with van der Waals surface area (Å²) in [6, 6.07) is 4.09. The molecule has 3 atom stereocenters. The third-order valence-corrected chi connectivity index (χ3v) is 3.02. The first-order valence-corrected chi connectivity index (χ1v) is 6.18. The molecule has 0 saturated carbocycles. The van der Waals surface area contributed by atoms with Gasteiger partial charge in [0, 0.05) is 19.1 Å². The molecule has 0 radical (unpaired) electrons. The van der Waals surface area contributed by atoms with Crippen LogP contribution in [-0.2, 0) is 4.74 Å². The summed E-state index contributed by atoms with van der Waals surface area (Å²) in [5.41, 5.74) is 7.87. The van der Waals surface area contributed by atoms with Gasteiger partial charge < -0.3 is 15.4 Å². The monoisotopic (exact) mass is 235 g/mol. The van der Waals surface area contributed by atoms with Gasteiger partial charge in [-0.2, -0.15) is 0 Å². The minimum Gasteiger partial charge on any atom is -0.372 e. The number of hydrogen-bond acceptors (Lipinski definition) is 4. The van der Waals surface area contributed by atoms with E-state index in [1.165, 1.54) is 0 Å². The zero-order chi connectivity index (χ0) is 12.4. The predicted molar refractivity (Wildman–Crippen MR) is 69.1 cm³/mol. The van der Waals surface area contributed by atoms with E-state index >= 15 is 0 Å². The second-order valence-corrected chi connectivity index (χ2v) is 4.89. The van der Waals surface area contributed by atoms with Crippen molar-refractivity contribution in [3.05, 3.63) is 24.0 Å². The minimum atomic E-state index is -0.00779. The zero-order valence-electron chi connectivity index (χ0n) is 10.8. The molecule has 17 heavy (non-hydrogen) atoms. The van der Waals surface area contributed by atoms with Gasteiger partial charge in [-0.3, -0.25) is 4.98 Å². The van der Waals surface area contributed by atoms with E-state index in [2.05, 4.69) is 29.8 Å². The summed E-state index contributed by atoms with van der Waals surface area (Å²) in [6.07, 6.45) is 2.45. The summed E-state index contributed by atoms with van der Waals surface area (Å²) in [4.78, 5) is 6.71. The van der Waals surface area contributed by atoms with E-state index in [9.17, 15) is 0 Å². The summed E-state index contributed by atoms with van der Waals surface area (Å²) in [6.45, 7) is 7.99. The molecule has 2 heterocycles. The Morgan fingerprint density at radius 3 is 2.47 bits per heavy atom. The minimum absolute atomic E-state index is 0.00779. The molecule has 1 saturated heterocycles. The Kier molecular flexibility index (Phi) is 3.64. The number of anilines is 1. The van der Waals surface area contributed by atoms with E-state index in [0.29, 0.717) is 0 Å². The first-order valence-electron chi connectivity index (χ1n) is 6.18. The highest BCUT2D eigenvalue weighted by molar-refractivity contribution is 5.45. The Bertz CT molecular complexity index is 353. The molecule has 2 N–H and O–H groups in total.